The van der Waals surface area contributed by atoms with Crippen LogP contribution in [-0.2, 0) is 11.2 Å². The summed E-state index contributed by atoms with van der Waals surface area (Å²) in [5.74, 6) is 0.684. The van der Waals surface area contributed by atoms with E-state index in [0.29, 0.717) is 29.7 Å². The highest BCUT2D eigenvalue weighted by molar-refractivity contribution is 5.86. The number of aliphatic hydroxyl groups is 1. The van der Waals surface area contributed by atoms with Gasteiger partial charge in [0.15, 0.2) is 5.58 Å². The van der Waals surface area contributed by atoms with E-state index < -0.39 is 0 Å². The summed E-state index contributed by atoms with van der Waals surface area (Å²) in [6, 6.07) is 7.54. The molecule has 5 nitrogen and oxygen atoms in total. The number of carbonyl (C=O) groups is 1. The number of hydrogen-bond acceptors (Lipinski definition) is 4. The molecule has 3 rings (SSSR count). The van der Waals surface area contributed by atoms with Gasteiger partial charge < -0.3 is 14.9 Å². The summed E-state index contributed by atoms with van der Waals surface area (Å²) in [5, 5.41) is 17.1. The molecule has 0 saturated heterocycles. The predicted octanol–water partition coefficient (Wildman–Crippen LogP) is 1.90. The van der Waals surface area contributed by atoms with Crippen molar-refractivity contribution in [3.8, 4) is 0 Å². The number of hydrogen-bond donors (Lipinski definition) is 2. The smallest absolute Gasteiger partial charge is 0.226 e. The first kappa shape index (κ1) is 14.1. The van der Waals surface area contributed by atoms with E-state index >= 15 is 0 Å². The minimum absolute atomic E-state index is 0.0438. The summed E-state index contributed by atoms with van der Waals surface area (Å²) in [6.45, 7) is 0.855. The van der Waals surface area contributed by atoms with Gasteiger partial charge in [-0.05, 0) is 36.8 Å². The Morgan fingerprint density at radius 2 is 2.14 bits per heavy atom. The maximum absolute atomic E-state index is 12.1. The van der Waals surface area contributed by atoms with Gasteiger partial charge in [-0.2, -0.15) is 0 Å². The number of nitrogens with one attached hydrogen (secondary N) is 1. The lowest BCUT2D eigenvalue weighted by atomic mass is 9.97. The standard InChI is InChI=1S/C16H20N2O3/c19-10-12-5-3-4-11(12)9-17-16(20)8-14-13-6-1-2-7-15(13)21-18-14/h1-2,6-7,11-12,19H,3-5,8-10H2,(H,17,20). The highest BCUT2D eigenvalue weighted by atomic mass is 16.5. The average Bonchev–Trinajstić information content (AvgIpc) is 3.12. The number of para-hydroxylation sites is 1. The molecule has 1 fully saturated rings. The molecule has 1 amide bonds. The van der Waals surface area contributed by atoms with Crippen LogP contribution in [0.1, 0.15) is 25.0 Å². The largest absolute Gasteiger partial charge is 0.396 e. The minimum atomic E-state index is -0.0438. The van der Waals surface area contributed by atoms with Gasteiger partial charge >= 0.3 is 0 Å². The minimum Gasteiger partial charge on any atom is -0.396 e. The van der Waals surface area contributed by atoms with Crippen LogP contribution in [0, 0.1) is 11.8 Å². The Bertz CT molecular complexity index is 623. The van der Waals surface area contributed by atoms with Gasteiger partial charge in [0.25, 0.3) is 0 Å². The fourth-order valence-corrected chi connectivity index (χ4v) is 3.15. The van der Waals surface area contributed by atoms with Crippen molar-refractivity contribution in [2.24, 2.45) is 11.8 Å². The molecule has 2 N–H and O–H groups in total. The quantitative estimate of drug-likeness (QED) is 0.881. The van der Waals surface area contributed by atoms with Crippen LogP contribution >= 0.6 is 0 Å². The molecular formula is C16H20N2O3. The second-order valence-electron chi connectivity index (χ2n) is 5.74. The van der Waals surface area contributed by atoms with Gasteiger partial charge in [0.2, 0.25) is 5.91 Å². The van der Waals surface area contributed by atoms with Crippen LogP contribution in [0.3, 0.4) is 0 Å². The van der Waals surface area contributed by atoms with Gasteiger partial charge in [0, 0.05) is 18.5 Å². The third-order valence-corrected chi connectivity index (χ3v) is 4.39. The Hall–Kier alpha value is -1.88. The number of carbonyl (C=O) groups excluding carboxylic acids is 1. The zero-order valence-corrected chi connectivity index (χ0v) is 11.9. The van der Waals surface area contributed by atoms with E-state index in [1.165, 1.54) is 0 Å². The maximum Gasteiger partial charge on any atom is 0.226 e. The first-order valence-electron chi connectivity index (χ1n) is 7.48. The number of aliphatic hydroxyl groups excluding tert-OH is 1. The molecule has 1 aromatic carbocycles. The summed E-state index contributed by atoms with van der Waals surface area (Å²) in [6.07, 6.45) is 3.51. The molecule has 2 unspecified atom stereocenters. The van der Waals surface area contributed by atoms with Crippen molar-refractivity contribution in [3.05, 3.63) is 30.0 Å². The molecule has 1 heterocycles. The third-order valence-electron chi connectivity index (χ3n) is 4.39. The monoisotopic (exact) mass is 288 g/mol. The van der Waals surface area contributed by atoms with Crippen molar-refractivity contribution in [2.45, 2.75) is 25.7 Å². The molecule has 0 spiro atoms. The summed E-state index contributed by atoms with van der Waals surface area (Å²) in [5.41, 5.74) is 1.38. The number of benzene rings is 1. The van der Waals surface area contributed by atoms with Gasteiger partial charge in [0.1, 0.15) is 5.69 Å². The molecule has 5 heteroatoms. The Morgan fingerprint density at radius 3 is 3.00 bits per heavy atom. The fraction of sp³-hybridized carbons (Fsp3) is 0.500. The van der Waals surface area contributed by atoms with Crippen LogP contribution in [0.25, 0.3) is 11.0 Å². The van der Waals surface area contributed by atoms with Gasteiger partial charge in [-0.15, -0.1) is 0 Å². The lowest BCUT2D eigenvalue weighted by Crippen LogP contribution is -2.32. The Kier molecular flexibility index (Phi) is 4.20. The van der Waals surface area contributed by atoms with Crippen LogP contribution in [-0.4, -0.2) is 29.3 Å². The molecular weight excluding hydrogens is 268 g/mol. The van der Waals surface area contributed by atoms with E-state index in [1.54, 1.807) is 0 Å². The van der Waals surface area contributed by atoms with E-state index in [2.05, 4.69) is 10.5 Å². The second kappa shape index (κ2) is 6.26. The van der Waals surface area contributed by atoms with Crippen LogP contribution in [0.5, 0.6) is 0 Å². The molecule has 0 radical (unpaired) electrons. The van der Waals surface area contributed by atoms with E-state index in [9.17, 15) is 9.90 Å². The van der Waals surface area contributed by atoms with Crippen molar-refractivity contribution in [2.75, 3.05) is 13.2 Å². The Morgan fingerprint density at radius 1 is 1.33 bits per heavy atom. The molecule has 1 aliphatic carbocycles. The molecule has 1 aliphatic rings. The highest BCUT2D eigenvalue weighted by Crippen LogP contribution is 2.30. The van der Waals surface area contributed by atoms with Gasteiger partial charge in [-0.1, -0.05) is 23.7 Å². The Labute approximate surface area is 123 Å². The maximum atomic E-state index is 12.1. The van der Waals surface area contributed by atoms with Crippen LogP contribution in [0.4, 0.5) is 0 Å². The predicted molar refractivity (Wildman–Crippen MR) is 78.6 cm³/mol. The molecule has 2 atom stereocenters. The van der Waals surface area contributed by atoms with Crippen LogP contribution in [0.15, 0.2) is 28.8 Å². The van der Waals surface area contributed by atoms with E-state index in [0.717, 1.165) is 24.6 Å². The van der Waals surface area contributed by atoms with Gasteiger partial charge in [-0.25, -0.2) is 0 Å². The lowest BCUT2D eigenvalue weighted by molar-refractivity contribution is -0.120. The van der Waals surface area contributed by atoms with Crippen molar-refractivity contribution >= 4 is 16.9 Å². The zero-order valence-electron chi connectivity index (χ0n) is 11.9. The van der Waals surface area contributed by atoms with Crippen LogP contribution in [0.2, 0.25) is 0 Å². The topological polar surface area (TPSA) is 75.4 Å². The number of rotatable bonds is 5. The summed E-state index contributed by atoms with van der Waals surface area (Å²) in [7, 11) is 0. The van der Waals surface area contributed by atoms with Crippen molar-refractivity contribution < 1.29 is 14.4 Å². The van der Waals surface area contributed by atoms with Gasteiger partial charge in [-0.3, -0.25) is 4.79 Å². The molecule has 21 heavy (non-hydrogen) atoms. The number of aromatic nitrogens is 1. The molecule has 0 bridgehead atoms. The molecule has 1 saturated carbocycles. The van der Waals surface area contributed by atoms with Crippen molar-refractivity contribution in [1.29, 1.82) is 0 Å². The summed E-state index contributed by atoms with van der Waals surface area (Å²) in [4.78, 5) is 12.1. The Balaban J connectivity index is 1.57. The van der Waals surface area contributed by atoms with E-state index in [1.807, 2.05) is 24.3 Å². The SMILES string of the molecule is O=C(Cc1noc2ccccc12)NCC1CCCC1CO. The van der Waals surface area contributed by atoms with E-state index in [-0.39, 0.29) is 18.9 Å². The van der Waals surface area contributed by atoms with Crippen molar-refractivity contribution in [3.63, 3.8) is 0 Å². The first-order valence-corrected chi connectivity index (χ1v) is 7.48. The molecule has 1 aromatic heterocycles. The number of fused-ring (bicyclic) bond motifs is 1. The van der Waals surface area contributed by atoms with Crippen LogP contribution < -0.4 is 5.32 Å². The van der Waals surface area contributed by atoms with E-state index in [4.69, 9.17) is 4.52 Å². The molecule has 112 valence electrons. The average molecular weight is 288 g/mol. The molecule has 2 aromatic rings. The number of amides is 1. The van der Waals surface area contributed by atoms with Gasteiger partial charge in [0.05, 0.1) is 6.42 Å². The second-order valence-corrected chi connectivity index (χ2v) is 5.74. The molecule has 0 aliphatic heterocycles. The number of nitrogens with zero attached hydrogens (tertiary/aromatic N) is 1. The zero-order chi connectivity index (χ0) is 14.7. The van der Waals surface area contributed by atoms with Crippen molar-refractivity contribution in [1.82, 2.24) is 10.5 Å². The normalized spacial score (nSPS) is 21.8. The summed E-state index contributed by atoms with van der Waals surface area (Å²) < 4.78 is 5.20. The summed E-state index contributed by atoms with van der Waals surface area (Å²) >= 11 is 0. The third kappa shape index (κ3) is 3.08. The fourth-order valence-electron chi connectivity index (χ4n) is 3.15. The highest BCUT2D eigenvalue weighted by Gasteiger charge is 2.26. The first-order chi connectivity index (χ1) is 10.3. The lowest BCUT2D eigenvalue weighted by Gasteiger charge is -2.17.